The third-order valence-corrected chi connectivity index (χ3v) is 3.54. The van der Waals surface area contributed by atoms with Gasteiger partial charge in [0.05, 0.1) is 29.4 Å². The number of aromatic nitrogens is 3. The van der Waals surface area contributed by atoms with Gasteiger partial charge in [-0.15, -0.1) is 0 Å². The zero-order valence-corrected chi connectivity index (χ0v) is 12.0. The second kappa shape index (κ2) is 5.53. The molecular weight excluding hydrogens is 238 g/mol. The molecule has 0 saturated heterocycles. The van der Waals surface area contributed by atoms with Crippen molar-refractivity contribution in [3.8, 4) is 5.69 Å². The fourth-order valence-corrected chi connectivity index (χ4v) is 2.37. The molecule has 0 aliphatic rings. The molecular formula is C15H21N3O. The highest BCUT2D eigenvalue weighted by molar-refractivity contribution is 5.36. The van der Waals surface area contributed by atoms with Gasteiger partial charge in [-0.3, -0.25) is 4.98 Å². The first kappa shape index (κ1) is 13.7. The molecule has 0 amide bonds. The van der Waals surface area contributed by atoms with E-state index in [4.69, 9.17) is 0 Å². The van der Waals surface area contributed by atoms with Crippen molar-refractivity contribution in [1.82, 2.24) is 14.8 Å². The van der Waals surface area contributed by atoms with E-state index in [2.05, 4.69) is 23.9 Å². The van der Waals surface area contributed by atoms with Gasteiger partial charge in [0.15, 0.2) is 0 Å². The van der Waals surface area contributed by atoms with Crippen LogP contribution in [0.1, 0.15) is 49.0 Å². The van der Waals surface area contributed by atoms with Gasteiger partial charge < -0.3 is 5.11 Å². The van der Waals surface area contributed by atoms with Crippen LogP contribution in [-0.4, -0.2) is 19.9 Å². The first-order chi connectivity index (χ1) is 9.08. The third-order valence-electron chi connectivity index (χ3n) is 3.54. The van der Waals surface area contributed by atoms with Crippen LogP contribution in [-0.2, 0) is 6.42 Å². The van der Waals surface area contributed by atoms with Crippen LogP contribution in [0.15, 0.2) is 18.3 Å². The SMILES string of the molecule is CCc1c(C)nn(-c2ccc([C@@H](O)CC)nc2)c1C. The van der Waals surface area contributed by atoms with Crippen LogP contribution in [0.4, 0.5) is 0 Å². The number of pyridine rings is 1. The predicted octanol–water partition coefficient (Wildman–Crippen LogP) is 2.89. The Morgan fingerprint density at radius 2 is 2.00 bits per heavy atom. The van der Waals surface area contributed by atoms with E-state index < -0.39 is 6.10 Å². The molecule has 0 fully saturated rings. The summed E-state index contributed by atoms with van der Waals surface area (Å²) in [4.78, 5) is 4.32. The van der Waals surface area contributed by atoms with Crippen LogP contribution < -0.4 is 0 Å². The van der Waals surface area contributed by atoms with Gasteiger partial charge in [-0.2, -0.15) is 5.10 Å². The van der Waals surface area contributed by atoms with E-state index in [9.17, 15) is 5.11 Å². The number of aryl methyl sites for hydroxylation is 1. The normalized spacial score (nSPS) is 12.7. The molecule has 0 saturated carbocycles. The summed E-state index contributed by atoms with van der Waals surface area (Å²) in [5.41, 5.74) is 5.16. The van der Waals surface area contributed by atoms with Crippen LogP contribution in [0.5, 0.6) is 0 Å². The summed E-state index contributed by atoms with van der Waals surface area (Å²) in [7, 11) is 0. The summed E-state index contributed by atoms with van der Waals surface area (Å²) < 4.78 is 1.92. The molecule has 2 aromatic heterocycles. The van der Waals surface area contributed by atoms with Gasteiger partial charge in [0.25, 0.3) is 0 Å². The average molecular weight is 259 g/mol. The number of hydrogen-bond donors (Lipinski definition) is 1. The Kier molecular flexibility index (Phi) is 4.00. The van der Waals surface area contributed by atoms with Crippen LogP contribution in [0.3, 0.4) is 0 Å². The lowest BCUT2D eigenvalue weighted by molar-refractivity contribution is 0.169. The molecule has 2 heterocycles. The van der Waals surface area contributed by atoms with Crippen LogP contribution in [0, 0.1) is 13.8 Å². The lowest BCUT2D eigenvalue weighted by Gasteiger charge is -2.09. The van der Waals surface area contributed by atoms with Crippen molar-refractivity contribution in [3.05, 3.63) is 41.0 Å². The number of nitrogens with zero attached hydrogens (tertiary/aromatic N) is 3. The second-order valence-electron chi connectivity index (χ2n) is 4.78. The molecule has 0 unspecified atom stereocenters. The molecule has 0 radical (unpaired) electrons. The fraction of sp³-hybridized carbons (Fsp3) is 0.467. The minimum absolute atomic E-state index is 0.485. The highest BCUT2D eigenvalue weighted by Crippen LogP contribution is 2.19. The zero-order valence-electron chi connectivity index (χ0n) is 12.0. The Morgan fingerprint density at radius 3 is 2.47 bits per heavy atom. The number of aliphatic hydroxyl groups is 1. The molecule has 19 heavy (non-hydrogen) atoms. The van der Waals surface area contributed by atoms with Gasteiger partial charge in [0.1, 0.15) is 0 Å². The summed E-state index contributed by atoms with van der Waals surface area (Å²) in [6.07, 6.45) is 2.94. The first-order valence-electron chi connectivity index (χ1n) is 6.77. The van der Waals surface area contributed by atoms with Crippen molar-refractivity contribution in [2.45, 2.75) is 46.6 Å². The molecule has 0 aromatic carbocycles. The molecule has 4 nitrogen and oxygen atoms in total. The predicted molar refractivity (Wildman–Crippen MR) is 75.5 cm³/mol. The van der Waals surface area contributed by atoms with Crippen LogP contribution in [0.25, 0.3) is 5.69 Å². The molecule has 4 heteroatoms. The summed E-state index contributed by atoms with van der Waals surface area (Å²) >= 11 is 0. The van der Waals surface area contributed by atoms with E-state index in [1.165, 1.54) is 5.56 Å². The quantitative estimate of drug-likeness (QED) is 0.918. The van der Waals surface area contributed by atoms with Gasteiger partial charge in [-0.05, 0) is 44.4 Å². The summed E-state index contributed by atoms with van der Waals surface area (Å²) in [6.45, 7) is 8.19. The summed E-state index contributed by atoms with van der Waals surface area (Å²) in [6, 6.07) is 3.83. The van der Waals surface area contributed by atoms with E-state index in [1.807, 2.05) is 30.7 Å². The number of rotatable bonds is 4. The molecule has 2 rings (SSSR count). The van der Waals surface area contributed by atoms with E-state index in [0.717, 1.165) is 23.5 Å². The van der Waals surface area contributed by atoms with Crippen molar-refractivity contribution < 1.29 is 5.11 Å². The van der Waals surface area contributed by atoms with E-state index in [-0.39, 0.29) is 0 Å². The van der Waals surface area contributed by atoms with Crippen LogP contribution >= 0.6 is 0 Å². The van der Waals surface area contributed by atoms with E-state index in [0.29, 0.717) is 12.1 Å². The fourth-order valence-electron chi connectivity index (χ4n) is 2.37. The Hall–Kier alpha value is -1.68. The van der Waals surface area contributed by atoms with Crippen molar-refractivity contribution in [2.75, 3.05) is 0 Å². The molecule has 1 atom stereocenters. The maximum Gasteiger partial charge on any atom is 0.0957 e. The molecule has 0 aliphatic carbocycles. The lowest BCUT2D eigenvalue weighted by Crippen LogP contribution is -2.03. The Morgan fingerprint density at radius 1 is 1.26 bits per heavy atom. The van der Waals surface area contributed by atoms with Gasteiger partial charge in [-0.25, -0.2) is 4.68 Å². The van der Waals surface area contributed by atoms with Crippen molar-refractivity contribution in [2.24, 2.45) is 0 Å². The first-order valence-corrected chi connectivity index (χ1v) is 6.77. The zero-order chi connectivity index (χ0) is 14.0. The molecule has 0 bridgehead atoms. The topological polar surface area (TPSA) is 50.9 Å². The van der Waals surface area contributed by atoms with Crippen LogP contribution in [0.2, 0.25) is 0 Å². The van der Waals surface area contributed by atoms with Gasteiger partial charge in [0, 0.05) is 5.69 Å². The van der Waals surface area contributed by atoms with Crippen molar-refractivity contribution in [1.29, 1.82) is 0 Å². The molecule has 2 aromatic rings. The van der Waals surface area contributed by atoms with Gasteiger partial charge in [0.2, 0.25) is 0 Å². The highest BCUT2D eigenvalue weighted by Gasteiger charge is 2.12. The molecule has 0 spiro atoms. The minimum Gasteiger partial charge on any atom is -0.387 e. The van der Waals surface area contributed by atoms with Gasteiger partial charge >= 0.3 is 0 Å². The Balaban J connectivity index is 2.37. The smallest absolute Gasteiger partial charge is 0.0957 e. The van der Waals surface area contributed by atoms with E-state index >= 15 is 0 Å². The maximum absolute atomic E-state index is 9.75. The Labute approximate surface area is 114 Å². The second-order valence-corrected chi connectivity index (χ2v) is 4.78. The Bertz CT molecular complexity index is 558. The lowest BCUT2D eigenvalue weighted by atomic mass is 10.1. The van der Waals surface area contributed by atoms with E-state index in [1.54, 1.807) is 6.20 Å². The molecule has 102 valence electrons. The average Bonchev–Trinajstić information content (AvgIpc) is 2.72. The van der Waals surface area contributed by atoms with Crippen molar-refractivity contribution >= 4 is 0 Å². The minimum atomic E-state index is -0.485. The number of hydrogen-bond acceptors (Lipinski definition) is 3. The third kappa shape index (κ3) is 2.54. The molecule has 0 aliphatic heterocycles. The number of aliphatic hydroxyl groups excluding tert-OH is 1. The van der Waals surface area contributed by atoms with Crippen molar-refractivity contribution in [3.63, 3.8) is 0 Å². The summed E-state index contributed by atoms with van der Waals surface area (Å²) in [5.74, 6) is 0. The largest absolute Gasteiger partial charge is 0.387 e. The maximum atomic E-state index is 9.75. The monoisotopic (exact) mass is 259 g/mol. The summed E-state index contributed by atoms with van der Waals surface area (Å²) in [5, 5.41) is 14.3. The molecule has 1 N–H and O–H groups in total. The standard InChI is InChI=1S/C15H21N3O/c1-5-13-10(3)17-18(11(13)4)12-7-8-14(16-9-12)15(19)6-2/h7-9,15,19H,5-6H2,1-4H3/t15-/m0/s1. The highest BCUT2D eigenvalue weighted by atomic mass is 16.3. The van der Waals surface area contributed by atoms with Gasteiger partial charge in [-0.1, -0.05) is 13.8 Å².